The Labute approximate surface area is 192 Å². The molecule has 6 nitrogen and oxygen atoms in total. The van der Waals surface area contributed by atoms with Gasteiger partial charge in [0.2, 0.25) is 0 Å². The van der Waals surface area contributed by atoms with Crippen molar-refractivity contribution >= 4 is 23.2 Å². The fraction of sp³-hybridized carbons (Fsp3) is 0.346. The van der Waals surface area contributed by atoms with Crippen molar-refractivity contribution in [3.63, 3.8) is 0 Å². The Morgan fingerprint density at radius 3 is 2.62 bits per heavy atom. The number of aliphatic hydroxyl groups is 1. The van der Waals surface area contributed by atoms with Gasteiger partial charge in [0.25, 0.3) is 0 Å². The lowest BCUT2D eigenvalue weighted by atomic mass is 10.0. The number of hydrogen-bond acceptors (Lipinski definition) is 6. The fourth-order valence-corrected chi connectivity index (χ4v) is 3.15. The summed E-state index contributed by atoms with van der Waals surface area (Å²) < 4.78 is 0. The van der Waals surface area contributed by atoms with Crippen LogP contribution in [-0.4, -0.2) is 59.5 Å². The van der Waals surface area contributed by atoms with Gasteiger partial charge in [0, 0.05) is 63.0 Å². The molecule has 2 aromatic rings. The van der Waals surface area contributed by atoms with Crippen molar-refractivity contribution in [2.24, 2.45) is 4.99 Å². The van der Waals surface area contributed by atoms with Crippen LogP contribution in [0.3, 0.4) is 0 Å². The van der Waals surface area contributed by atoms with Gasteiger partial charge in [0.05, 0.1) is 5.60 Å². The zero-order chi connectivity index (χ0) is 23.7. The van der Waals surface area contributed by atoms with Crippen LogP contribution in [0.1, 0.15) is 38.3 Å². The van der Waals surface area contributed by atoms with E-state index >= 15 is 0 Å². The first-order valence-electron chi connectivity index (χ1n) is 10.7. The number of allylic oxidation sites excluding steroid dienone is 4. The quantitative estimate of drug-likeness (QED) is 0.411. The van der Waals surface area contributed by atoms with Crippen LogP contribution in [0.4, 0.5) is 5.82 Å². The highest BCUT2D eigenvalue weighted by atomic mass is 16.3. The lowest BCUT2D eigenvalue weighted by Gasteiger charge is -2.19. The van der Waals surface area contributed by atoms with Crippen LogP contribution in [0.15, 0.2) is 60.4 Å². The predicted molar refractivity (Wildman–Crippen MR) is 137 cm³/mol. The minimum Gasteiger partial charge on any atom is -0.390 e. The molecule has 0 aliphatic rings. The first-order valence-corrected chi connectivity index (χ1v) is 10.7. The lowest BCUT2D eigenvalue weighted by molar-refractivity contribution is 0.0748. The number of benzene rings is 1. The Kier molecular flexibility index (Phi) is 8.91. The van der Waals surface area contributed by atoms with Gasteiger partial charge in [-0.2, -0.15) is 0 Å². The van der Waals surface area contributed by atoms with Gasteiger partial charge in [-0.3, -0.25) is 4.99 Å². The Balaban J connectivity index is 2.50. The monoisotopic (exact) mass is 433 g/mol. The van der Waals surface area contributed by atoms with E-state index < -0.39 is 5.60 Å². The summed E-state index contributed by atoms with van der Waals surface area (Å²) in [5.41, 5.74) is 4.02. The molecular weight excluding hydrogens is 398 g/mol. The molecule has 170 valence electrons. The SMILES string of the molecule is C=C/C(=C\N(C)C)c1cccc(-c2ncc(C(/C=N\C)=C/C)c(NCCC(C)(C)O)n2)c1. The second-order valence-corrected chi connectivity index (χ2v) is 8.41. The van der Waals surface area contributed by atoms with Crippen molar-refractivity contribution < 1.29 is 5.11 Å². The maximum absolute atomic E-state index is 10.1. The van der Waals surface area contributed by atoms with E-state index in [2.05, 4.69) is 27.9 Å². The maximum atomic E-state index is 10.1. The summed E-state index contributed by atoms with van der Waals surface area (Å²) in [7, 11) is 5.71. The molecule has 1 aromatic carbocycles. The van der Waals surface area contributed by atoms with Crippen molar-refractivity contribution in [3.05, 3.63) is 66.5 Å². The van der Waals surface area contributed by atoms with E-state index in [4.69, 9.17) is 4.98 Å². The maximum Gasteiger partial charge on any atom is 0.161 e. The minimum atomic E-state index is -0.758. The Morgan fingerprint density at radius 1 is 1.28 bits per heavy atom. The van der Waals surface area contributed by atoms with E-state index in [1.54, 1.807) is 27.1 Å². The molecule has 0 aliphatic heterocycles. The Morgan fingerprint density at radius 2 is 2.03 bits per heavy atom. The molecule has 1 heterocycles. The summed E-state index contributed by atoms with van der Waals surface area (Å²) in [6, 6.07) is 8.11. The van der Waals surface area contributed by atoms with Crippen LogP contribution in [0.2, 0.25) is 0 Å². The molecule has 0 unspecified atom stereocenters. The zero-order valence-corrected chi connectivity index (χ0v) is 20.1. The summed E-state index contributed by atoms with van der Waals surface area (Å²) in [6.45, 7) is 10.1. The van der Waals surface area contributed by atoms with Gasteiger partial charge in [-0.25, -0.2) is 9.97 Å². The smallest absolute Gasteiger partial charge is 0.161 e. The zero-order valence-electron chi connectivity index (χ0n) is 20.1. The molecule has 0 bridgehead atoms. The molecule has 32 heavy (non-hydrogen) atoms. The first kappa shape index (κ1) is 25.0. The highest BCUT2D eigenvalue weighted by Crippen LogP contribution is 2.27. The van der Waals surface area contributed by atoms with E-state index in [0.717, 1.165) is 27.8 Å². The summed E-state index contributed by atoms with van der Waals surface area (Å²) >= 11 is 0. The minimum absolute atomic E-state index is 0.583. The molecular formula is C26H35N5O. The fourth-order valence-electron chi connectivity index (χ4n) is 3.15. The number of nitrogens with one attached hydrogen (secondary N) is 1. The lowest BCUT2D eigenvalue weighted by Crippen LogP contribution is -2.23. The Hall–Kier alpha value is -3.25. The molecule has 6 heteroatoms. The standard InChI is InChI=1S/C26H35N5O/c1-8-19(16-27-5)23-17-29-24(30-25(23)28-14-13-26(3,4)32)22-12-10-11-21(15-22)20(9-2)18-31(6)7/h8-12,15-18,32H,2,13-14H2,1,3-7H3,(H,28,29,30)/b19-8+,20-18+,27-16-. The predicted octanol–water partition coefficient (Wildman–Crippen LogP) is 4.91. The molecule has 2 rings (SSSR count). The summed E-state index contributed by atoms with van der Waals surface area (Å²) in [4.78, 5) is 15.6. The van der Waals surface area contributed by atoms with Gasteiger partial charge in [-0.15, -0.1) is 0 Å². The second kappa shape index (κ2) is 11.4. The van der Waals surface area contributed by atoms with Crippen molar-refractivity contribution in [1.82, 2.24) is 14.9 Å². The highest BCUT2D eigenvalue weighted by molar-refractivity contribution is 6.11. The van der Waals surface area contributed by atoms with Crippen molar-refractivity contribution in [1.29, 1.82) is 0 Å². The van der Waals surface area contributed by atoms with Gasteiger partial charge in [-0.05, 0) is 44.4 Å². The molecule has 0 spiro atoms. The van der Waals surface area contributed by atoms with E-state index in [1.165, 1.54) is 0 Å². The van der Waals surface area contributed by atoms with Gasteiger partial charge in [0.15, 0.2) is 5.82 Å². The van der Waals surface area contributed by atoms with Crippen LogP contribution in [0, 0.1) is 0 Å². The van der Waals surface area contributed by atoms with Crippen molar-refractivity contribution in [2.75, 3.05) is 33.0 Å². The van der Waals surface area contributed by atoms with E-state index in [1.807, 2.05) is 68.7 Å². The molecule has 0 atom stereocenters. The van der Waals surface area contributed by atoms with Gasteiger partial charge < -0.3 is 15.3 Å². The van der Waals surface area contributed by atoms with Crippen LogP contribution in [-0.2, 0) is 0 Å². The van der Waals surface area contributed by atoms with Crippen molar-refractivity contribution in [3.8, 4) is 11.4 Å². The van der Waals surface area contributed by atoms with Gasteiger partial charge >= 0.3 is 0 Å². The van der Waals surface area contributed by atoms with Crippen LogP contribution in [0.25, 0.3) is 22.5 Å². The number of aliphatic imine (C=N–C) groups is 1. The molecule has 0 saturated heterocycles. The third kappa shape index (κ3) is 7.17. The largest absolute Gasteiger partial charge is 0.390 e. The third-order valence-electron chi connectivity index (χ3n) is 4.78. The molecule has 2 N–H and O–H groups in total. The molecule has 0 saturated carbocycles. The average molecular weight is 434 g/mol. The van der Waals surface area contributed by atoms with Crippen LogP contribution >= 0.6 is 0 Å². The van der Waals surface area contributed by atoms with E-state index in [-0.39, 0.29) is 0 Å². The summed E-state index contributed by atoms with van der Waals surface area (Å²) in [5, 5.41) is 13.5. The average Bonchev–Trinajstić information content (AvgIpc) is 2.75. The summed E-state index contributed by atoms with van der Waals surface area (Å²) in [5.74, 6) is 1.34. The second-order valence-electron chi connectivity index (χ2n) is 8.41. The topological polar surface area (TPSA) is 73.6 Å². The number of hydrogen-bond donors (Lipinski definition) is 2. The number of rotatable bonds is 10. The third-order valence-corrected chi connectivity index (χ3v) is 4.78. The Bertz CT molecular complexity index is 1010. The summed E-state index contributed by atoms with van der Waals surface area (Å²) in [6.07, 6.45) is 10.1. The molecule has 1 aromatic heterocycles. The molecule has 0 fully saturated rings. The van der Waals surface area contributed by atoms with Crippen molar-refractivity contribution in [2.45, 2.75) is 32.8 Å². The normalized spacial score (nSPS) is 12.8. The molecule has 0 aliphatic carbocycles. The highest BCUT2D eigenvalue weighted by Gasteiger charge is 2.15. The number of nitrogens with zero attached hydrogens (tertiary/aromatic N) is 4. The number of aromatic nitrogens is 2. The van der Waals surface area contributed by atoms with Crippen LogP contribution in [0.5, 0.6) is 0 Å². The number of anilines is 1. The first-order chi connectivity index (χ1) is 15.2. The van der Waals surface area contributed by atoms with Gasteiger partial charge in [-0.1, -0.05) is 36.9 Å². The molecule has 0 amide bonds. The van der Waals surface area contributed by atoms with Crippen LogP contribution < -0.4 is 5.32 Å². The molecule has 0 radical (unpaired) electrons. The van der Waals surface area contributed by atoms with E-state index in [9.17, 15) is 5.11 Å². The van der Waals surface area contributed by atoms with Gasteiger partial charge in [0.1, 0.15) is 5.82 Å². The van der Waals surface area contributed by atoms with E-state index in [0.29, 0.717) is 24.6 Å².